The second kappa shape index (κ2) is 5.69. The molecule has 2 N–H and O–H groups in total. The zero-order valence-electron chi connectivity index (χ0n) is 10.3. The van der Waals surface area contributed by atoms with Crippen molar-refractivity contribution in [2.75, 3.05) is 0 Å². The maximum atomic E-state index is 13.1. The van der Waals surface area contributed by atoms with Crippen LogP contribution in [0.25, 0.3) is 0 Å². The van der Waals surface area contributed by atoms with Crippen molar-refractivity contribution >= 4 is 0 Å². The lowest BCUT2D eigenvalue weighted by Gasteiger charge is -2.23. The highest BCUT2D eigenvalue weighted by atomic mass is 19.3. The molecule has 0 saturated carbocycles. The Bertz CT molecular complexity index is 375. The van der Waals surface area contributed by atoms with Gasteiger partial charge in [-0.3, -0.25) is 0 Å². The summed E-state index contributed by atoms with van der Waals surface area (Å²) >= 11 is 0. The molecule has 0 radical (unpaired) electrons. The lowest BCUT2D eigenvalue weighted by molar-refractivity contribution is -0.144. The summed E-state index contributed by atoms with van der Waals surface area (Å²) in [4.78, 5) is 0. The molecule has 2 unspecified atom stereocenters. The normalized spacial score (nSPS) is 15.8. The lowest BCUT2D eigenvalue weighted by atomic mass is 9.94. The van der Waals surface area contributed by atoms with E-state index in [0.717, 1.165) is 12.0 Å². The third kappa shape index (κ3) is 3.02. The van der Waals surface area contributed by atoms with E-state index in [2.05, 4.69) is 0 Å². The summed E-state index contributed by atoms with van der Waals surface area (Å²) in [6.07, 6.45) is -2.85. The summed E-state index contributed by atoms with van der Waals surface area (Å²) in [7, 11) is 0. The van der Waals surface area contributed by atoms with Crippen molar-refractivity contribution in [3.05, 3.63) is 35.4 Å². The van der Waals surface area contributed by atoms with E-state index >= 15 is 0 Å². The molecule has 18 heavy (non-hydrogen) atoms. The Hall–Kier alpha value is -1.10. The predicted molar refractivity (Wildman–Crippen MR) is 63.0 cm³/mol. The van der Waals surface area contributed by atoms with Crippen LogP contribution >= 0.6 is 0 Å². The van der Waals surface area contributed by atoms with E-state index in [0.29, 0.717) is 5.92 Å². The molecule has 1 rings (SSSR count). The number of benzene rings is 1. The zero-order valence-corrected chi connectivity index (χ0v) is 10.3. The van der Waals surface area contributed by atoms with E-state index in [4.69, 9.17) is 5.73 Å². The van der Waals surface area contributed by atoms with Gasteiger partial charge in [-0.1, -0.05) is 38.1 Å². The van der Waals surface area contributed by atoms with Gasteiger partial charge in [-0.2, -0.15) is 8.78 Å². The van der Waals surface area contributed by atoms with Crippen molar-refractivity contribution in [3.8, 4) is 0 Å². The van der Waals surface area contributed by atoms with Gasteiger partial charge in [-0.25, -0.2) is 8.78 Å². The largest absolute Gasteiger partial charge is 0.326 e. The van der Waals surface area contributed by atoms with Crippen LogP contribution in [0, 0.1) is 0 Å². The minimum atomic E-state index is -4.21. The van der Waals surface area contributed by atoms with Gasteiger partial charge >= 0.3 is 12.3 Å². The van der Waals surface area contributed by atoms with Gasteiger partial charge in [0.05, 0.1) is 0 Å². The monoisotopic (exact) mass is 263 g/mol. The molecule has 0 fully saturated rings. The minimum absolute atomic E-state index is 0.0207. The van der Waals surface area contributed by atoms with Crippen LogP contribution in [-0.4, -0.2) is 12.3 Å². The van der Waals surface area contributed by atoms with Gasteiger partial charge in [0.2, 0.25) is 0 Å². The molecule has 0 amide bonds. The van der Waals surface area contributed by atoms with E-state index in [-0.39, 0.29) is 5.56 Å². The SMILES string of the molecule is CCC(C)c1ccc(C(N)C(F)(F)C(F)F)cc1. The Balaban J connectivity index is 2.92. The van der Waals surface area contributed by atoms with Crippen molar-refractivity contribution in [1.82, 2.24) is 0 Å². The molecule has 0 saturated heterocycles. The van der Waals surface area contributed by atoms with Gasteiger partial charge in [0, 0.05) is 0 Å². The molecule has 1 nitrogen and oxygen atoms in total. The number of rotatable bonds is 5. The molecule has 0 aromatic heterocycles. The number of halogens is 4. The molecule has 0 spiro atoms. The zero-order chi connectivity index (χ0) is 13.9. The van der Waals surface area contributed by atoms with Crippen LogP contribution in [0.4, 0.5) is 17.6 Å². The van der Waals surface area contributed by atoms with Gasteiger partial charge < -0.3 is 5.73 Å². The molecule has 0 bridgehead atoms. The van der Waals surface area contributed by atoms with Gasteiger partial charge in [0.25, 0.3) is 0 Å². The Kier molecular flexibility index (Phi) is 4.73. The molecule has 0 aliphatic heterocycles. The van der Waals surface area contributed by atoms with Crippen LogP contribution in [0.2, 0.25) is 0 Å². The summed E-state index contributed by atoms with van der Waals surface area (Å²) in [6, 6.07) is 4.12. The molecule has 0 aliphatic carbocycles. The van der Waals surface area contributed by atoms with Gasteiger partial charge in [0.1, 0.15) is 6.04 Å². The Morgan fingerprint density at radius 2 is 1.56 bits per heavy atom. The third-order valence-electron chi connectivity index (χ3n) is 3.18. The first kappa shape index (κ1) is 15.0. The minimum Gasteiger partial charge on any atom is -0.319 e. The highest BCUT2D eigenvalue weighted by Gasteiger charge is 2.47. The van der Waals surface area contributed by atoms with Crippen LogP contribution in [0.3, 0.4) is 0 Å². The highest BCUT2D eigenvalue weighted by Crippen LogP contribution is 2.35. The Morgan fingerprint density at radius 3 is 1.94 bits per heavy atom. The van der Waals surface area contributed by atoms with Crippen LogP contribution in [0.1, 0.15) is 43.4 Å². The smallest absolute Gasteiger partial charge is 0.319 e. The summed E-state index contributed by atoms with van der Waals surface area (Å²) in [5.41, 5.74) is 6.20. The Labute approximate surface area is 104 Å². The lowest BCUT2D eigenvalue weighted by Crippen LogP contribution is -2.39. The van der Waals surface area contributed by atoms with E-state index in [1.165, 1.54) is 12.1 Å². The van der Waals surface area contributed by atoms with Crippen molar-refractivity contribution in [3.63, 3.8) is 0 Å². The highest BCUT2D eigenvalue weighted by molar-refractivity contribution is 5.28. The van der Waals surface area contributed by atoms with Crippen molar-refractivity contribution in [2.45, 2.75) is 44.6 Å². The van der Waals surface area contributed by atoms with E-state index in [9.17, 15) is 17.6 Å². The van der Waals surface area contributed by atoms with Crippen LogP contribution in [0.5, 0.6) is 0 Å². The van der Waals surface area contributed by atoms with Crippen molar-refractivity contribution in [2.24, 2.45) is 5.73 Å². The molecule has 1 aromatic carbocycles. The molecule has 102 valence electrons. The first-order valence-corrected chi connectivity index (χ1v) is 5.82. The molecule has 1 aromatic rings. The summed E-state index contributed by atoms with van der Waals surface area (Å²) in [5.74, 6) is -3.91. The predicted octanol–water partition coefficient (Wildman–Crippen LogP) is 4.10. The molecule has 5 heteroatoms. The van der Waals surface area contributed by atoms with Gasteiger partial charge in [0.15, 0.2) is 0 Å². The van der Waals surface area contributed by atoms with E-state index in [1.54, 1.807) is 12.1 Å². The van der Waals surface area contributed by atoms with Crippen molar-refractivity contribution in [1.29, 1.82) is 0 Å². The number of alkyl halides is 4. The fraction of sp³-hybridized carbons (Fsp3) is 0.538. The fourth-order valence-electron chi connectivity index (χ4n) is 1.63. The van der Waals surface area contributed by atoms with E-state index in [1.807, 2.05) is 13.8 Å². The number of nitrogens with two attached hydrogens (primary N) is 1. The van der Waals surface area contributed by atoms with Crippen LogP contribution in [0.15, 0.2) is 24.3 Å². The second-order valence-electron chi connectivity index (χ2n) is 4.43. The Morgan fingerprint density at radius 1 is 1.11 bits per heavy atom. The second-order valence-corrected chi connectivity index (χ2v) is 4.43. The summed E-state index contributed by atoms with van der Waals surface area (Å²) in [6.45, 7) is 4.01. The first-order chi connectivity index (χ1) is 8.30. The molecule has 2 atom stereocenters. The quantitative estimate of drug-likeness (QED) is 0.795. The van der Waals surface area contributed by atoms with Gasteiger partial charge in [-0.15, -0.1) is 0 Å². The third-order valence-corrected chi connectivity index (χ3v) is 3.18. The fourth-order valence-corrected chi connectivity index (χ4v) is 1.63. The molecule has 0 aliphatic rings. The average molecular weight is 263 g/mol. The maximum absolute atomic E-state index is 13.1. The first-order valence-electron chi connectivity index (χ1n) is 5.82. The average Bonchev–Trinajstić information content (AvgIpc) is 2.36. The summed E-state index contributed by atoms with van der Waals surface area (Å²) < 4.78 is 50.5. The van der Waals surface area contributed by atoms with Crippen LogP contribution < -0.4 is 5.73 Å². The molecular formula is C13H17F4N. The number of hydrogen-bond acceptors (Lipinski definition) is 1. The topological polar surface area (TPSA) is 26.0 Å². The van der Waals surface area contributed by atoms with E-state index < -0.39 is 18.4 Å². The van der Waals surface area contributed by atoms with Crippen LogP contribution in [-0.2, 0) is 0 Å². The number of hydrogen-bond donors (Lipinski definition) is 1. The standard InChI is InChI=1S/C13H17F4N/c1-3-8(2)9-4-6-10(7-5-9)11(18)13(16,17)12(14)15/h4-8,11-12H,3,18H2,1-2H3. The summed E-state index contributed by atoms with van der Waals surface area (Å²) in [5, 5.41) is 0. The van der Waals surface area contributed by atoms with Crippen molar-refractivity contribution < 1.29 is 17.6 Å². The van der Waals surface area contributed by atoms with Gasteiger partial charge in [-0.05, 0) is 23.5 Å². The molecule has 0 heterocycles. The molecular weight excluding hydrogens is 246 g/mol. The maximum Gasteiger partial charge on any atom is 0.326 e.